The Morgan fingerprint density at radius 1 is 1.25 bits per heavy atom. The van der Waals surface area contributed by atoms with Crippen LogP contribution in [-0.2, 0) is 16.6 Å². The third kappa shape index (κ3) is 3.71. The lowest BCUT2D eigenvalue weighted by atomic mass is 10.2. The van der Waals surface area contributed by atoms with Crippen LogP contribution < -0.4 is 14.2 Å². The van der Waals surface area contributed by atoms with Crippen LogP contribution in [0.1, 0.15) is 5.56 Å². The lowest BCUT2D eigenvalue weighted by Crippen LogP contribution is -2.21. The van der Waals surface area contributed by atoms with Gasteiger partial charge in [0.15, 0.2) is 0 Å². The molecule has 1 aromatic carbocycles. The third-order valence-electron chi connectivity index (χ3n) is 2.01. The van der Waals surface area contributed by atoms with Crippen molar-refractivity contribution in [3.63, 3.8) is 0 Å². The molecule has 0 radical (unpaired) electrons. The number of sulfonamides is 1. The van der Waals surface area contributed by atoms with Crippen molar-refractivity contribution in [1.29, 1.82) is 0 Å². The van der Waals surface area contributed by atoms with Gasteiger partial charge < -0.3 is 9.47 Å². The summed E-state index contributed by atoms with van der Waals surface area (Å²) in [7, 11) is -0.129. The van der Waals surface area contributed by atoms with Crippen LogP contribution in [0.4, 0.5) is 0 Å². The summed E-state index contributed by atoms with van der Waals surface area (Å²) in [6.07, 6.45) is 1.11. The maximum absolute atomic E-state index is 11.0. The molecule has 0 bridgehead atoms. The van der Waals surface area contributed by atoms with E-state index < -0.39 is 10.0 Å². The Bertz CT molecular complexity index is 456. The van der Waals surface area contributed by atoms with E-state index in [9.17, 15) is 8.42 Å². The van der Waals surface area contributed by atoms with Crippen LogP contribution >= 0.6 is 0 Å². The molecule has 0 atom stereocenters. The molecule has 0 saturated heterocycles. The van der Waals surface area contributed by atoms with E-state index >= 15 is 0 Å². The summed E-state index contributed by atoms with van der Waals surface area (Å²) in [4.78, 5) is 0. The highest BCUT2D eigenvalue weighted by Gasteiger charge is 2.07. The highest BCUT2D eigenvalue weighted by Crippen LogP contribution is 2.23. The predicted molar refractivity (Wildman–Crippen MR) is 61.2 cm³/mol. The van der Waals surface area contributed by atoms with Crippen molar-refractivity contribution in [3.8, 4) is 11.5 Å². The molecular weight excluding hydrogens is 230 g/mol. The minimum absolute atomic E-state index is 0.180. The van der Waals surface area contributed by atoms with Gasteiger partial charge in [-0.05, 0) is 18.2 Å². The average molecular weight is 245 g/mol. The number of methoxy groups -OCH3 is 2. The van der Waals surface area contributed by atoms with Crippen molar-refractivity contribution in [3.05, 3.63) is 23.8 Å². The van der Waals surface area contributed by atoms with Gasteiger partial charge >= 0.3 is 0 Å². The SMILES string of the molecule is COc1ccc(OC)c(CNS(C)(=O)=O)c1. The molecule has 1 rings (SSSR count). The Kier molecular flexibility index (Phi) is 4.14. The first-order valence-corrected chi connectivity index (χ1v) is 6.51. The van der Waals surface area contributed by atoms with E-state index in [2.05, 4.69) is 4.72 Å². The van der Waals surface area contributed by atoms with E-state index in [0.29, 0.717) is 11.5 Å². The van der Waals surface area contributed by atoms with Gasteiger partial charge in [-0.25, -0.2) is 13.1 Å². The van der Waals surface area contributed by atoms with Crippen molar-refractivity contribution < 1.29 is 17.9 Å². The topological polar surface area (TPSA) is 64.6 Å². The zero-order valence-corrected chi connectivity index (χ0v) is 10.3. The molecule has 0 saturated carbocycles. The predicted octanol–water partition coefficient (Wildman–Crippen LogP) is 0.753. The number of ether oxygens (including phenoxy) is 2. The second-order valence-electron chi connectivity index (χ2n) is 3.27. The zero-order chi connectivity index (χ0) is 12.2. The van der Waals surface area contributed by atoms with Crippen molar-refractivity contribution >= 4 is 10.0 Å². The van der Waals surface area contributed by atoms with Gasteiger partial charge in [0.2, 0.25) is 10.0 Å². The monoisotopic (exact) mass is 245 g/mol. The Labute approximate surface area is 95.4 Å². The van der Waals surface area contributed by atoms with Gasteiger partial charge in [-0.2, -0.15) is 0 Å². The molecule has 90 valence electrons. The van der Waals surface area contributed by atoms with E-state index in [1.807, 2.05) is 0 Å². The molecule has 0 aliphatic heterocycles. The van der Waals surface area contributed by atoms with Crippen LogP contribution in [0.5, 0.6) is 11.5 Å². The third-order valence-corrected chi connectivity index (χ3v) is 2.68. The van der Waals surface area contributed by atoms with Crippen molar-refractivity contribution in [1.82, 2.24) is 4.72 Å². The molecule has 5 nitrogen and oxygen atoms in total. The van der Waals surface area contributed by atoms with Crippen LogP contribution in [0.15, 0.2) is 18.2 Å². The maximum Gasteiger partial charge on any atom is 0.209 e. The summed E-state index contributed by atoms with van der Waals surface area (Å²) in [6, 6.07) is 5.22. The second kappa shape index (κ2) is 5.18. The summed E-state index contributed by atoms with van der Waals surface area (Å²) < 4.78 is 34.5. The molecule has 0 amide bonds. The van der Waals surface area contributed by atoms with E-state index in [1.54, 1.807) is 25.3 Å². The Morgan fingerprint density at radius 3 is 2.44 bits per heavy atom. The van der Waals surface area contributed by atoms with Crippen LogP contribution in [0, 0.1) is 0 Å². The van der Waals surface area contributed by atoms with Gasteiger partial charge in [0.1, 0.15) is 11.5 Å². The number of nitrogens with one attached hydrogen (secondary N) is 1. The lowest BCUT2D eigenvalue weighted by Gasteiger charge is -2.10. The van der Waals surface area contributed by atoms with Gasteiger partial charge in [0, 0.05) is 12.1 Å². The van der Waals surface area contributed by atoms with E-state index in [1.165, 1.54) is 7.11 Å². The largest absolute Gasteiger partial charge is 0.497 e. The first-order valence-electron chi connectivity index (χ1n) is 4.62. The van der Waals surface area contributed by atoms with Gasteiger partial charge in [0.25, 0.3) is 0 Å². The molecule has 6 heteroatoms. The number of hydrogen-bond acceptors (Lipinski definition) is 4. The molecule has 0 aliphatic rings. The zero-order valence-electron chi connectivity index (χ0n) is 9.48. The van der Waals surface area contributed by atoms with E-state index in [0.717, 1.165) is 11.8 Å². The normalized spacial score (nSPS) is 11.2. The molecule has 0 aliphatic carbocycles. The Balaban J connectivity index is 2.91. The van der Waals surface area contributed by atoms with E-state index in [-0.39, 0.29) is 6.54 Å². The molecule has 0 aromatic heterocycles. The molecule has 1 N–H and O–H groups in total. The van der Waals surface area contributed by atoms with Crippen molar-refractivity contribution in [2.24, 2.45) is 0 Å². The van der Waals surface area contributed by atoms with Crippen LogP contribution in [0.2, 0.25) is 0 Å². The molecule has 1 aromatic rings. The Hall–Kier alpha value is -1.27. The summed E-state index contributed by atoms with van der Waals surface area (Å²) in [5.74, 6) is 1.28. The fourth-order valence-corrected chi connectivity index (χ4v) is 1.65. The van der Waals surface area contributed by atoms with Crippen molar-refractivity contribution in [2.45, 2.75) is 6.54 Å². The fourth-order valence-electron chi connectivity index (χ4n) is 1.23. The van der Waals surface area contributed by atoms with Crippen molar-refractivity contribution in [2.75, 3.05) is 20.5 Å². The first-order chi connectivity index (χ1) is 7.46. The number of rotatable bonds is 5. The van der Waals surface area contributed by atoms with Crippen LogP contribution in [0.3, 0.4) is 0 Å². The lowest BCUT2D eigenvalue weighted by molar-refractivity contribution is 0.398. The minimum Gasteiger partial charge on any atom is -0.497 e. The highest BCUT2D eigenvalue weighted by atomic mass is 32.2. The van der Waals surface area contributed by atoms with Gasteiger partial charge in [-0.1, -0.05) is 0 Å². The second-order valence-corrected chi connectivity index (χ2v) is 5.10. The first kappa shape index (κ1) is 12.8. The quantitative estimate of drug-likeness (QED) is 0.831. The van der Waals surface area contributed by atoms with Gasteiger partial charge in [0.05, 0.1) is 20.5 Å². The molecule has 0 heterocycles. The summed E-state index contributed by atoms with van der Waals surface area (Å²) in [5.41, 5.74) is 0.729. The van der Waals surface area contributed by atoms with E-state index in [4.69, 9.17) is 9.47 Å². The summed E-state index contributed by atoms with van der Waals surface area (Å²) in [6.45, 7) is 0.180. The maximum atomic E-state index is 11.0. The molecule has 16 heavy (non-hydrogen) atoms. The Morgan fingerprint density at radius 2 is 1.94 bits per heavy atom. The van der Waals surface area contributed by atoms with Crippen LogP contribution in [-0.4, -0.2) is 28.9 Å². The molecular formula is C10H15NO4S. The van der Waals surface area contributed by atoms with Crippen LogP contribution in [0.25, 0.3) is 0 Å². The summed E-state index contributed by atoms with van der Waals surface area (Å²) in [5, 5.41) is 0. The van der Waals surface area contributed by atoms with Gasteiger partial charge in [-0.15, -0.1) is 0 Å². The summed E-state index contributed by atoms with van der Waals surface area (Å²) >= 11 is 0. The average Bonchev–Trinajstić information content (AvgIpc) is 2.25. The number of benzene rings is 1. The fraction of sp³-hybridized carbons (Fsp3) is 0.400. The minimum atomic E-state index is -3.21. The smallest absolute Gasteiger partial charge is 0.209 e. The van der Waals surface area contributed by atoms with Gasteiger partial charge in [-0.3, -0.25) is 0 Å². The molecule has 0 spiro atoms. The molecule has 0 fully saturated rings. The number of hydrogen-bond donors (Lipinski definition) is 1. The standard InChI is InChI=1S/C10H15NO4S/c1-14-9-4-5-10(15-2)8(6-9)7-11-16(3,12)13/h4-6,11H,7H2,1-3H3. The highest BCUT2D eigenvalue weighted by molar-refractivity contribution is 7.88. The molecule has 0 unspecified atom stereocenters.